The van der Waals surface area contributed by atoms with Crippen LogP contribution >= 0.6 is 0 Å². The highest BCUT2D eigenvalue weighted by Gasteiger charge is 2.52. The highest BCUT2D eigenvalue weighted by molar-refractivity contribution is 5.95. The van der Waals surface area contributed by atoms with Crippen LogP contribution < -0.4 is 19.6 Å². The van der Waals surface area contributed by atoms with E-state index in [0.717, 1.165) is 0 Å². The molecule has 2 heterocycles. The van der Waals surface area contributed by atoms with E-state index in [4.69, 9.17) is 0 Å². The van der Waals surface area contributed by atoms with E-state index in [9.17, 15) is 0 Å². The summed E-state index contributed by atoms with van der Waals surface area (Å²) in [6, 6.07) is 47.3. The number of anilines is 8. The van der Waals surface area contributed by atoms with Crippen molar-refractivity contribution in [3.8, 4) is 0 Å². The second-order valence-electron chi connectivity index (χ2n) is 20.2. The first-order chi connectivity index (χ1) is 28.3. The third kappa shape index (κ3) is 7.27. The van der Waals surface area contributed by atoms with Crippen LogP contribution in [0, 0.1) is 27.7 Å². The van der Waals surface area contributed by atoms with Gasteiger partial charge in [-0.15, -0.1) is 0 Å². The maximum Gasteiger partial charge on any atom is 0.151 e. The van der Waals surface area contributed by atoms with E-state index in [1.54, 1.807) is 0 Å². The first-order valence-electron chi connectivity index (χ1n) is 22.1. The monoisotopic (exact) mass is 795 g/mol. The second kappa shape index (κ2) is 15.2. The number of rotatable bonds is 7. The molecular weight excluding hydrogens is 729 g/mol. The molecule has 4 nitrogen and oxygen atoms in total. The number of aryl methyl sites for hydroxylation is 4. The molecule has 60 heavy (non-hydrogen) atoms. The molecule has 0 fully saturated rings. The fourth-order valence-corrected chi connectivity index (χ4v) is 9.13. The van der Waals surface area contributed by atoms with Crippen LogP contribution in [0.25, 0.3) is 0 Å². The molecule has 0 saturated heterocycles. The van der Waals surface area contributed by atoms with E-state index in [1.165, 1.54) is 90.0 Å². The van der Waals surface area contributed by atoms with Crippen LogP contribution in [0.1, 0.15) is 126 Å². The number of hydrogen-bond acceptors (Lipinski definition) is 4. The van der Waals surface area contributed by atoms with Crippen molar-refractivity contribution >= 4 is 45.5 Å². The molecule has 0 aromatic heterocycles. The van der Waals surface area contributed by atoms with Gasteiger partial charge in [0.05, 0.1) is 22.7 Å². The second-order valence-corrected chi connectivity index (χ2v) is 20.2. The smallest absolute Gasteiger partial charge is 0.151 e. The number of hydrogen-bond donors (Lipinski definition) is 0. The first kappa shape index (κ1) is 41.3. The van der Waals surface area contributed by atoms with Crippen LogP contribution in [-0.4, -0.2) is 12.3 Å². The Morgan fingerprint density at radius 2 is 0.567 bits per heavy atom. The van der Waals surface area contributed by atoms with Crippen LogP contribution in [0.3, 0.4) is 0 Å². The average Bonchev–Trinajstić information content (AvgIpc) is 3.69. The van der Waals surface area contributed by atoms with Crippen molar-refractivity contribution in [3.05, 3.63) is 166 Å². The summed E-state index contributed by atoms with van der Waals surface area (Å²) >= 11 is 0. The van der Waals surface area contributed by atoms with Gasteiger partial charge in [0, 0.05) is 22.7 Å². The topological polar surface area (TPSA) is 13.0 Å². The summed E-state index contributed by atoms with van der Waals surface area (Å²) in [6.45, 7) is 32.0. The standard InChI is InChI=1S/C56H66N4/c1-35(2)41-15-23-45(24-16-41)57-49-31-37(5)39(7)33-51(49)59(47-27-19-43(20-28-47)55(9,10)11)53(57)54-58(46-25-17-42(18-26-46)36(3)4)50-32-38(6)40(8)34-52(50)60(54)48-29-21-44(22-30-48)56(12,13)14/h15-36,53-54H,1-14H3. The molecule has 0 N–H and O–H groups in total. The van der Waals surface area contributed by atoms with Crippen molar-refractivity contribution in [2.75, 3.05) is 19.6 Å². The van der Waals surface area contributed by atoms with Gasteiger partial charge in [0.25, 0.3) is 0 Å². The minimum Gasteiger partial charge on any atom is -0.314 e. The Kier molecular flexibility index (Phi) is 10.5. The lowest BCUT2D eigenvalue weighted by molar-refractivity contribution is 0.548. The lowest BCUT2D eigenvalue weighted by Crippen LogP contribution is -2.58. The van der Waals surface area contributed by atoms with Crippen LogP contribution in [0.5, 0.6) is 0 Å². The highest BCUT2D eigenvalue weighted by Crippen LogP contribution is 2.57. The van der Waals surface area contributed by atoms with Gasteiger partial charge in [-0.2, -0.15) is 0 Å². The number of benzene rings is 6. The third-order valence-electron chi connectivity index (χ3n) is 13.2. The Balaban J connectivity index is 1.46. The van der Waals surface area contributed by atoms with E-state index in [2.05, 4.69) is 238 Å². The molecule has 6 aromatic rings. The molecule has 6 aromatic carbocycles. The predicted octanol–water partition coefficient (Wildman–Crippen LogP) is 15.7. The molecule has 310 valence electrons. The SMILES string of the molecule is Cc1cc2c(cc1C)N(c1ccc(C(C)(C)C)cc1)C(C1N(c3ccc(C(C)C)cc3)c3cc(C)c(C)cc3N1c1ccc(C(C)(C)C)cc1)N2c1ccc(C(C)C)cc1. The van der Waals surface area contributed by atoms with E-state index < -0.39 is 0 Å². The van der Waals surface area contributed by atoms with Crippen molar-refractivity contribution in [1.29, 1.82) is 0 Å². The molecule has 0 spiro atoms. The van der Waals surface area contributed by atoms with E-state index >= 15 is 0 Å². The number of fused-ring (bicyclic) bond motifs is 2. The van der Waals surface area contributed by atoms with Gasteiger partial charge in [-0.05, 0) is 168 Å². The predicted molar refractivity (Wildman–Crippen MR) is 259 cm³/mol. The summed E-state index contributed by atoms with van der Waals surface area (Å²) in [5.41, 5.74) is 20.2. The molecule has 0 aliphatic carbocycles. The van der Waals surface area contributed by atoms with Crippen LogP contribution in [0.2, 0.25) is 0 Å². The van der Waals surface area contributed by atoms with Crippen molar-refractivity contribution in [1.82, 2.24) is 0 Å². The fourth-order valence-electron chi connectivity index (χ4n) is 9.13. The summed E-state index contributed by atoms with van der Waals surface area (Å²) < 4.78 is 0. The fraction of sp³-hybridized carbons (Fsp3) is 0.357. The minimum absolute atomic E-state index is 0.0382. The van der Waals surface area contributed by atoms with Crippen molar-refractivity contribution in [3.63, 3.8) is 0 Å². The van der Waals surface area contributed by atoms with E-state index in [1.807, 2.05) is 0 Å². The van der Waals surface area contributed by atoms with Gasteiger partial charge in [-0.1, -0.05) is 118 Å². The van der Waals surface area contributed by atoms with Gasteiger partial charge >= 0.3 is 0 Å². The third-order valence-corrected chi connectivity index (χ3v) is 13.2. The molecular formula is C56H66N4. The van der Waals surface area contributed by atoms with Gasteiger partial charge < -0.3 is 19.6 Å². The Morgan fingerprint density at radius 3 is 0.767 bits per heavy atom. The number of nitrogens with zero attached hydrogens (tertiary/aromatic N) is 4. The Bertz CT molecular complexity index is 2320. The summed E-state index contributed by atoms with van der Waals surface area (Å²) in [7, 11) is 0. The molecule has 0 bridgehead atoms. The Labute approximate surface area is 361 Å². The Morgan fingerprint density at radius 1 is 0.350 bits per heavy atom. The van der Waals surface area contributed by atoms with E-state index in [-0.39, 0.29) is 23.2 Å². The zero-order valence-electron chi connectivity index (χ0n) is 38.6. The van der Waals surface area contributed by atoms with Gasteiger partial charge in [-0.25, -0.2) is 0 Å². The zero-order chi connectivity index (χ0) is 43.0. The van der Waals surface area contributed by atoms with Gasteiger partial charge in [0.15, 0.2) is 12.3 Å². The lowest BCUT2D eigenvalue weighted by atomic mass is 9.87. The largest absolute Gasteiger partial charge is 0.314 e. The van der Waals surface area contributed by atoms with Crippen molar-refractivity contribution in [2.45, 2.75) is 132 Å². The first-order valence-corrected chi connectivity index (χ1v) is 22.1. The molecule has 0 amide bonds. The van der Waals surface area contributed by atoms with Gasteiger partial charge in [0.1, 0.15) is 0 Å². The van der Waals surface area contributed by atoms with Gasteiger partial charge in [-0.3, -0.25) is 0 Å². The maximum atomic E-state index is 2.65. The molecule has 2 aliphatic rings. The quantitative estimate of drug-likeness (QED) is 0.160. The van der Waals surface area contributed by atoms with Crippen LogP contribution in [-0.2, 0) is 10.8 Å². The molecule has 2 atom stereocenters. The summed E-state index contributed by atoms with van der Waals surface area (Å²) in [5, 5.41) is 0. The highest BCUT2D eigenvalue weighted by atomic mass is 15.5. The summed E-state index contributed by atoms with van der Waals surface area (Å²) in [5.74, 6) is 0.880. The minimum atomic E-state index is -0.202. The van der Waals surface area contributed by atoms with E-state index in [0.29, 0.717) is 11.8 Å². The molecule has 0 saturated carbocycles. The maximum absolute atomic E-state index is 2.65. The summed E-state index contributed by atoms with van der Waals surface area (Å²) in [6.07, 6.45) is -0.404. The lowest BCUT2D eigenvalue weighted by Gasteiger charge is -2.45. The van der Waals surface area contributed by atoms with Crippen molar-refractivity contribution < 1.29 is 0 Å². The normalized spacial score (nSPS) is 16.7. The zero-order valence-corrected chi connectivity index (χ0v) is 38.6. The molecule has 2 aliphatic heterocycles. The van der Waals surface area contributed by atoms with Gasteiger partial charge in [0.2, 0.25) is 0 Å². The average molecular weight is 795 g/mol. The molecule has 4 heteroatoms. The summed E-state index contributed by atoms with van der Waals surface area (Å²) in [4.78, 5) is 10.6. The van der Waals surface area contributed by atoms with Crippen LogP contribution in [0.4, 0.5) is 45.5 Å². The Hall–Kier alpha value is -5.48. The molecule has 0 radical (unpaired) electrons. The molecule has 8 rings (SSSR count). The van der Waals surface area contributed by atoms with Crippen LogP contribution in [0.15, 0.2) is 121 Å². The molecule has 2 unspecified atom stereocenters. The van der Waals surface area contributed by atoms with Crippen molar-refractivity contribution in [2.24, 2.45) is 0 Å².